The lowest BCUT2D eigenvalue weighted by atomic mass is 9.77. The van der Waals surface area contributed by atoms with Gasteiger partial charge in [-0.3, -0.25) is 4.79 Å². The second kappa shape index (κ2) is 6.17. The first-order valence-electron chi connectivity index (χ1n) is 6.69. The van der Waals surface area contributed by atoms with Gasteiger partial charge in [0.25, 0.3) is 0 Å². The SMILES string of the molecule is COC(=O)C(CNC1(CO)CCC1)c1ccccc1. The number of hydrogen-bond donors (Lipinski definition) is 2. The van der Waals surface area contributed by atoms with Crippen LogP contribution >= 0.6 is 0 Å². The van der Waals surface area contributed by atoms with E-state index in [9.17, 15) is 9.90 Å². The second-order valence-electron chi connectivity index (χ2n) is 5.16. The minimum Gasteiger partial charge on any atom is -0.469 e. The fourth-order valence-corrected chi connectivity index (χ4v) is 2.48. The zero-order valence-corrected chi connectivity index (χ0v) is 11.3. The van der Waals surface area contributed by atoms with E-state index in [2.05, 4.69) is 5.32 Å². The first-order chi connectivity index (χ1) is 9.21. The first-order valence-corrected chi connectivity index (χ1v) is 6.69. The van der Waals surface area contributed by atoms with Crippen molar-refractivity contribution in [3.05, 3.63) is 35.9 Å². The van der Waals surface area contributed by atoms with Crippen LogP contribution in [0.15, 0.2) is 30.3 Å². The summed E-state index contributed by atoms with van der Waals surface area (Å²) in [5.74, 6) is -0.568. The number of aliphatic hydroxyl groups excluding tert-OH is 1. The van der Waals surface area contributed by atoms with Gasteiger partial charge >= 0.3 is 5.97 Å². The van der Waals surface area contributed by atoms with Crippen molar-refractivity contribution in [1.29, 1.82) is 0 Å². The summed E-state index contributed by atoms with van der Waals surface area (Å²) in [5, 5.41) is 12.8. The summed E-state index contributed by atoms with van der Waals surface area (Å²) < 4.78 is 4.88. The van der Waals surface area contributed by atoms with Gasteiger partial charge in [0.05, 0.1) is 19.6 Å². The van der Waals surface area contributed by atoms with Gasteiger partial charge in [0.1, 0.15) is 0 Å². The molecule has 0 amide bonds. The van der Waals surface area contributed by atoms with Gasteiger partial charge in [0, 0.05) is 12.1 Å². The molecule has 1 saturated carbocycles. The van der Waals surface area contributed by atoms with Crippen LogP contribution < -0.4 is 5.32 Å². The minimum atomic E-state index is -0.324. The van der Waals surface area contributed by atoms with E-state index < -0.39 is 0 Å². The fraction of sp³-hybridized carbons (Fsp3) is 0.533. The van der Waals surface area contributed by atoms with Crippen LogP contribution in [0.3, 0.4) is 0 Å². The molecule has 0 aliphatic heterocycles. The highest BCUT2D eigenvalue weighted by Crippen LogP contribution is 2.32. The van der Waals surface area contributed by atoms with E-state index in [0.29, 0.717) is 6.54 Å². The van der Waals surface area contributed by atoms with Crippen LogP contribution in [-0.2, 0) is 9.53 Å². The second-order valence-corrected chi connectivity index (χ2v) is 5.16. The third-order valence-corrected chi connectivity index (χ3v) is 3.98. The highest BCUT2D eigenvalue weighted by atomic mass is 16.5. The molecule has 1 aromatic carbocycles. The van der Waals surface area contributed by atoms with Crippen molar-refractivity contribution in [3.8, 4) is 0 Å². The number of hydrogen-bond acceptors (Lipinski definition) is 4. The lowest BCUT2D eigenvalue weighted by Crippen LogP contribution is -2.55. The van der Waals surface area contributed by atoms with E-state index in [-0.39, 0.29) is 24.0 Å². The predicted octanol–water partition coefficient (Wildman–Crippen LogP) is 1.45. The van der Waals surface area contributed by atoms with E-state index >= 15 is 0 Å². The Bertz CT molecular complexity index is 409. The van der Waals surface area contributed by atoms with Gasteiger partial charge < -0.3 is 15.2 Å². The van der Waals surface area contributed by atoms with Gasteiger partial charge in [-0.2, -0.15) is 0 Å². The minimum absolute atomic E-state index is 0.121. The standard InChI is InChI=1S/C15H21NO3/c1-19-14(18)13(12-6-3-2-4-7-12)10-16-15(11-17)8-5-9-15/h2-4,6-7,13,16-17H,5,8-11H2,1H3. The molecule has 19 heavy (non-hydrogen) atoms. The third-order valence-electron chi connectivity index (χ3n) is 3.98. The van der Waals surface area contributed by atoms with Gasteiger partial charge in [-0.25, -0.2) is 0 Å². The molecule has 1 atom stereocenters. The lowest BCUT2D eigenvalue weighted by Gasteiger charge is -2.42. The van der Waals surface area contributed by atoms with E-state index in [1.165, 1.54) is 7.11 Å². The maximum absolute atomic E-state index is 11.9. The van der Waals surface area contributed by atoms with Crippen LogP contribution in [0.5, 0.6) is 0 Å². The molecule has 0 saturated heterocycles. The lowest BCUT2D eigenvalue weighted by molar-refractivity contribution is -0.142. The van der Waals surface area contributed by atoms with Crippen molar-refractivity contribution in [2.45, 2.75) is 30.7 Å². The van der Waals surface area contributed by atoms with Crippen molar-refractivity contribution in [2.24, 2.45) is 0 Å². The number of aliphatic hydroxyl groups is 1. The zero-order valence-electron chi connectivity index (χ0n) is 11.3. The molecular weight excluding hydrogens is 242 g/mol. The number of ether oxygens (including phenoxy) is 1. The third kappa shape index (κ3) is 3.14. The number of carbonyl (C=O) groups is 1. The van der Waals surface area contributed by atoms with E-state index in [4.69, 9.17) is 4.74 Å². The van der Waals surface area contributed by atoms with E-state index in [1.54, 1.807) is 0 Å². The summed E-state index contributed by atoms with van der Waals surface area (Å²) in [5.41, 5.74) is 0.746. The highest BCUT2D eigenvalue weighted by molar-refractivity contribution is 5.78. The molecule has 1 fully saturated rings. The van der Waals surface area contributed by atoms with Crippen molar-refractivity contribution < 1.29 is 14.6 Å². The zero-order chi connectivity index (χ0) is 13.7. The Morgan fingerprint density at radius 1 is 1.42 bits per heavy atom. The molecule has 1 aromatic rings. The highest BCUT2D eigenvalue weighted by Gasteiger charge is 2.37. The van der Waals surface area contributed by atoms with Crippen molar-refractivity contribution >= 4 is 5.97 Å². The number of methoxy groups -OCH3 is 1. The molecule has 0 spiro atoms. The average Bonchev–Trinajstić information content (AvgIpc) is 2.42. The Kier molecular flexibility index (Phi) is 4.56. The number of rotatable bonds is 6. The van der Waals surface area contributed by atoms with Crippen LogP contribution in [0, 0.1) is 0 Å². The Hall–Kier alpha value is -1.39. The van der Waals surface area contributed by atoms with E-state index in [0.717, 1.165) is 24.8 Å². The molecule has 1 aliphatic carbocycles. The summed E-state index contributed by atoms with van der Waals surface area (Å²) in [6.45, 7) is 0.618. The molecule has 4 nitrogen and oxygen atoms in total. The van der Waals surface area contributed by atoms with Crippen molar-refractivity contribution in [1.82, 2.24) is 5.32 Å². The Labute approximate surface area is 113 Å². The molecule has 0 radical (unpaired) electrons. The maximum atomic E-state index is 11.9. The van der Waals surface area contributed by atoms with Gasteiger partial charge in [-0.15, -0.1) is 0 Å². The van der Waals surface area contributed by atoms with Gasteiger partial charge in [0.15, 0.2) is 0 Å². The van der Waals surface area contributed by atoms with Crippen LogP contribution in [0.25, 0.3) is 0 Å². The summed E-state index contributed by atoms with van der Waals surface area (Å²) >= 11 is 0. The molecule has 104 valence electrons. The average molecular weight is 263 g/mol. The molecule has 1 unspecified atom stereocenters. The van der Waals surface area contributed by atoms with Gasteiger partial charge in [0.2, 0.25) is 0 Å². The normalized spacial score (nSPS) is 18.4. The molecule has 2 rings (SSSR count). The first kappa shape index (κ1) is 14.0. The van der Waals surface area contributed by atoms with Crippen LogP contribution in [-0.4, -0.2) is 36.9 Å². The number of benzene rings is 1. The van der Waals surface area contributed by atoms with Crippen LogP contribution in [0.1, 0.15) is 30.7 Å². The van der Waals surface area contributed by atoms with Crippen molar-refractivity contribution in [3.63, 3.8) is 0 Å². The van der Waals surface area contributed by atoms with Gasteiger partial charge in [-0.1, -0.05) is 30.3 Å². The number of nitrogens with one attached hydrogen (secondary N) is 1. The molecule has 2 N–H and O–H groups in total. The fourth-order valence-electron chi connectivity index (χ4n) is 2.48. The quantitative estimate of drug-likeness (QED) is 0.763. The molecule has 0 aromatic heterocycles. The predicted molar refractivity (Wildman–Crippen MR) is 72.9 cm³/mol. The summed E-state index contributed by atoms with van der Waals surface area (Å²) in [7, 11) is 1.41. The maximum Gasteiger partial charge on any atom is 0.314 e. The van der Waals surface area contributed by atoms with Crippen LogP contribution in [0.2, 0.25) is 0 Å². The summed E-state index contributed by atoms with van der Waals surface area (Å²) in [6.07, 6.45) is 3.06. The summed E-state index contributed by atoms with van der Waals surface area (Å²) in [4.78, 5) is 11.9. The molecule has 4 heteroatoms. The molecule has 0 heterocycles. The van der Waals surface area contributed by atoms with Crippen molar-refractivity contribution in [2.75, 3.05) is 20.3 Å². The molecular formula is C15H21NO3. The topological polar surface area (TPSA) is 58.6 Å². The molecule has 1 aliphatic rings. The number of esters is 1. The van der Waals surface area contributed by atoms with Crippen LogP contribution in [0.4, 0.5) is 0 Å². The Morgan fingerprint density at radius 3 is 2.58 bits per heavy atom. The number of carbonyl (C=O) groups excluding carboxylic acids is 1. The Balaban J connectivity index is 2.05. The molecule has 0 bridgehead atoms. The van der Waals surface area contributed by atoms with Gasteiger partial charge in [-0.05, 0) is 24.8 Å². The smallest absolute Gasteiger partial charge is 0.314 e. The Morgan fingerprint density at radius 2 is 2.11 bits per heavy atom. The largest absolute Gasteiger partial charge is 0.469 e. The monoisotopic (exact) mass is 263 g/mol. The van der Waals surface area contributed by atoms with E-state index in [1.807, 2.05) is 30.3 Å². The summed E-state index contributed by atoms with van der Waals surface area (Å²) in [6, 6.07) is 9.60.